The van der Waals surface area contributed by atoms with Gasteiger partial charge in [-0.05, 0) is 43.2 Å². The van der Waals surface area contributed by atoms with Crippen LogP contribution in [-0.2, 0) is 16.0 Å². The number of aliphatic carboxylic acids is 1. The summed E-state index contributed by atoms with van der Waals surface area (Å²) in [6.07, 6.45) is 0.417. The SMILES string of the molecule is CCOC(Cc1ccc(NCCCN2CCOc3ccccc32)cc1)C(=O)[O-].[Mg+2]. The third kappa shape index (κ3) is 6.80. The summed E-state index contributed by atoms with van der Waals surface area (Å²) in [7, 11) is 0. The van der Waals surface area contributed by atoms with Gasteiger partial charge in [-0.1, -0.05) is 24.3 Å². The van der Waals surface area contributed by atoms with Gasteiger partial charge in [0.2, 0.25) is 0 Å². The summed E-state index contributed by atoms with van der Waals surface area (Å²) in [5.74, 6) is -0.215. The van der Waals surface area contributed by atoms with Gasteiger partial charge in [-0.2, -0.15) is 0 Å². The number of rotatable bonds is 10. The van der Waals surface area contributed by atoms with Gasteiger partial charge in [-0.15, -0.1) is 0 Å². The molecule has 0 radical (unpaired) electrons. The molecule has 1 N–H and O–H groups in total. The maximum absolute atomic E-state index is 11.1. The van der Waals surface area contributed by atoms with Crippen molar-refractivity contribution in [2.24, 2.45) is 0 Å². The summed E-state index contributed by atoms with van der Waals surface area (Å²) in [6, 6.07) is 15.9. The Morgan fingerprint density at radius 1 is 1.24 bits per heavy atom. The van der Waals surface area contributed by atoms with E-state index < -0.39 is 12.1 Å². The minimum absolute atomic E-state index is 0. The summed E-state index contributed by atoms with van der Waals surface area (Å²) in [5, 5.41) is 14.5. The third-order valence-electron chi connectivity index (χ3n) is 4.76. The first-order chi connectivity index (χ1) is 13.7. The van der Waals surface area contributed by atoms with Crippen molar-refractivity contribution in [1.82, 2.24) is 0 Å². The number of para-hydroxylation sites is 2. The van der Waals surface area contributed by atoms with E-state index in [1.54, 1.807) is 6.92 Å². The van der Waals surface area contributed by atoms with Gasteiger partial charge in [0.15, 0.2) is 0 Å². The van der Waals surface area contributed by atoms with Crippen molar-refractivity contribution in [3.63, 3.8) is 0 Å². The Hall–Kier alpha value is -1.96. The molecule has 0 spiro atoms. The number of carbonyl (C=O) groups is 1. The van der Waals surface area contributed by atoms with E-state index in [0.29, 0.717) is 13.0 Å². The maximum Gasteiger partial charge on any atom is 2.00 e. The Morgan fingerprint density at radius 3 is 2.72 bits per heavy atom. The first-order valence-corrected chi connectivity index (χ1v) is 9.79. The van der Waals surface area contributed by atoms with Crippen LogP contribution >= 0.6 is 0 Å². The first kappa shape index (κ1) is 23.3. The quantitative estimate of drug-likeness (QED) is 0.477. The molecule has 2 aromatic rings. The fourth-order valence-corrected chi connectivity index (χ4v) is 3.35. The van der Waals surface area contributed by atoms with Crippen molar-refractivity contribution < 1.29 is 19.4 Å². The van der Waals surface area contributed by atoms with Crippen LogP contribution in [0.15, 0.2) is 48.5 Å². The predicted octanol–water partition coefficient (Wildman–Crippen LogP) is 1.70. The molecule has 0 fully saturated rings. The van der Waals surface area contributed by atoms with E-state index in [1.807, 2.05) is 42.5 Å². The Labute approximate surface area is 188 Å². The molecule has 6 nitrogen and oxygen atoms in total. The van der Waals surface area contributed by atoms with E-state index in [1.165, 1.54) is 0 Å². The number of benzene rings is 2. The van der Waals surface area contributed by atoms with Gasteiger partial charge >= 0.3 is 23.1 Å². The molecule has 1 atom stereocenters. The van der Waals surface area contributed by atoms with Crippen LogP contribution < -0.4 is 20.1 Å². The second-order valence-corrected chi connectivity index (χ2v) is 6.75. The number of nitrogens with one attached hydrogen (secondary N) is 1. The van der Waals surface area contributed by atoms with Gasteiger partial charge in [-0.25, -0.2) is 0 Å². The fraction of sp³-hybridized carbons (Fsp3) is 0.409. The number of carboxylic acids is 1. The van der Waals surface area contributed by atoms with Crippen molar-refractivity contribution in [3.8, 4) is 5.75 Å². The Bertz CT molecular complexity index is 770. The number of carboxylic acid groups (broad SMARTS) is 1. The molecule has 0 aromatic heterocycles. The monoisotopic (exact) mass is 407 g/mol. The molecular weight excluding hydrogens is 381 g/mol. The van der Waals surface area contributed by atoms with Gasteiger partial charge in [-0.3, -0.25) is 0 Å². The average Bonchev–Trinajstić information content (AvgIpc) is 2.72. The molecule has 0 amide bonds. The summed E-state index contributed by atoms with van der Waals surface area (Å²) in [4.78, 5) is 13.4. The fourth-order valence-electron chi connectivity index (χ4n) is 3.35. The maximum atomic E-state index is 11.1. The molecule has 7 heteroatoms. The van der Waals surface area contributed by atoms with E-state index in [2.05, 4.69) is 16.3 Å². The summed E-state index contributed by atoms with van der Waals surface area (Å²) < 4.78 is 10.9. The molecule has 0 saturated carbocycles. The van der Waals surface area contributed by atoms with Gasteiger partial charge < -0.3 is 29.6 Å². The van der Waals surface area contributed by atoms with Crippen LogP contribution in [0.3, 0.4) is 0 Å². The molecular formula is C22H27MgN2O4+. The molecule has 0 aliphatic carbocycles. The third-order valence-corrected chi connectivity index (χ3v) is 4.76. The second-order valence-electron chi connectivity index (χ2n) is 6.75. The topological polar surface area (TPSA) is 73.9 Å². The normalized spacial score (nSPS) is 13.6. The minimum Gasteiger partial charge on any atom is -0.547 e. The number of ether oxygens (including phenoxy) is 2. The number of hydrogen-bond donors (Lipinski definition) is 1. The zero-order valence-electron chi connectivity index (χ0n) is 16.9. The number of fused-ring (bicyclic) bond motifs is 1. The minimum atomic E-state index is -1.17. The second kappa shape index (κ2) is 11.9. The number of hydrogen-bond acceptors (Lipinski definition) is 6. The Morgan fingerprint density at radius 2 is 2.00 bits per heavy atom. The van der Waals surface area contributed by atoms with Crippen LogP contribution in [0.5, 0.6) is 5.75 Å². The zero-order valence-corrected chi connectivity index (χ0v) is 18.3. The summed E-state index contributed by atoms with van der Waals surface area (Å²) in [6.45, 7) is 5.59. The van der Waals surface area contributed by atoms with Crippen molar-refractivity contribution in [2.45, 2.75) is 25.9 Å². The van der Waals surface area contributed by atoms with Crippen molar-refractivity contribution >= 4 is 40.4 Å². The van der Waals surface area contributed by atoms with Crippen LogP contribution in [-0.4, -0.2) is 68.0 Å². The summed E-state index contributed by atoms with van der Waals surface area (Å²) in [5.41, 5.74) is 3.10. The van der Waals surface area contributed by atoms with Crippen molar-refractivity contribution in [2.75, 3.05) is 43.1 Å². The first-order valence-electron chi connectivity index (χ1n) is 9.79. The molecule has 29 heavy (non-hydrogen) atoms. The van der Waals surface area contributed by atoms with Crippen molar-refractivity contribution in [1.29, 1.82) is 0 Å². The number of nitrogens with zero attached hydrogens (tertiary/aromatic N) is 1. The van der Waals surface area contributed by atoms with E-state index in [-0.39, 0.29) is 23.1 Å². The van der Waals surface area contributed by atoms with Gasteiger partial charge in [0.25, 0.3) is 0 Å². The van der Waals surface area contributed by atoms with Gasteiger partial charge in [0.1, 0.15) is 18.5 Å². The van der Waals surface area contributed by atoms with Gasteiger partial charge in [0, 0.05) is 31.8 Å². The van der Waals surface area contributed by atoms with Crippen molar-refractivity contribution in [3.05, 3.63) is 54.1 Å². The largest absolute Gasteiger partial charge is 2.00 e. The van der Waals surface area contributed by atoms with E-state index in [9.17, 15) is 9.90 Å². The molecule has 1 aliphatic rings. The number of carbonyl (C=O) groups excluding carboxylic acids is 1. The molecule has 1 heterocycles. The van der Waals surface area contributed by atoms with E-state index >= 15 is 0 Å². The van der Waals surface area contributed by atoms with Crippen LogP contribution in [0.1, 0.15) is 18.9 Å². The van der Waals surface area contributed by atoms with Crippen LogP contribution in [0.2, 0.25) is 0 Å². The molecule has 150 valence electrons. The van der Waals surface area contributed by atoms with Gasteiger partial charge in [0.05, 0.1) is 18.2 Å². The van der Waals surface area contributed by atoms with Crippen LogP contribution in [0.25, 0.3) is 0 Å². The standard InChI is InChI=1S/C22H28N2O4.Mg/c1-2-27-21(22(25)26)16-17-8-10-18(11-9-17)23-12-5-13-24-14-15-28-20-7-4-3-6-19(20)24;/h3-4,6-11,21,23H,2,5,12-16H2,1H3,(H,25,26);/q;+2/p-1. The van der Waals surface area contributed by atoms with Crippen LogP contribution in [0.4, 0.5) is 11.4 Å². The summed E-state index contributed by atoms with van der Waals surface area (Å²) >= 11 is 0. The molecule has 2 aromatic carbocycles. The van der Waals surface area contributed by atoms with E-state index in [4.69, 9.17) is 9.47 Å². The molecule has 0 saturated heterocycles. The number of anilines is 2. The van der Waals surface area contributed by atoms with Crippen LogP contribution in [0, 0.1) is 0 Å². The smallest absolute Gasteiger partial charge is 0.547 e. The molecule has 0 bridgehead atoms. The van der Waals surface area contributed by atoms with E-state index in [0.717, 1.165) is 55.3 Å². The Kier molecular flexibility index (Phi) is 9.57. The average molecular weight is 408 g/mol. The molecule has 3 rings (SSSR count). The predicted molar refractivity (Wildman–Crippen MR) is 114 cm³/mol. The Balaban J connectivity index is 0.00000300. The molecule has 1 aliphatic heterocycles. The molecule has 1 unspecified atom stereocenters. The zero-order chi connectivity index (χ0) is 19.8.